The number of carboxylic acids is 3. The Morgan fingerprint density at radius 3 is 1.15 bits per heavy atom. The summed E-state index contributed by atoms with van der Waals surface area (Å²) in [6.07, 6.45) is 1.11. The van der Waals surface area contributed by atoms with Gasteiger partial charge >= 0.3 is 17.9 Å². The lowest BCUT2D eigenvalue weighted by atomic mass is 10.5. The summed E-state index contributed by atoms with van der Waals surface area (Å²) in [4.78, 5) is 31.1. The van der Waals surface area contributed by atoms with Crippen LogP contribution in [0.5, 0.6) is 0 Å². The van der Waals surface area contributed by atoms with Gasteiger partial charge in [-0.1, -0.05) is 0 Å². The van der Waals surface area contributed by atoms with Crippen LogP contribution >= 0.6 is 20.3 Å². The van der Waals surface area contributed by atoms with Crippen molar-refractivity contribution in [2.75, 3.05) is 25.1 Å². The Hall–Kier alpha value is -0.910. The van der Waals surface area contributed by atoms with Crippen LogP contribution in [0.1, 0.15) is 26.2 Å². The van der Waals surface area contributed by atoms with Crippen molar-refractivity contribution in [3.05, 3.63) is 0 Å². The van der Waals surface area contributed by atoms with Crippen LogP contribution in [0, 0.1) is 0 Å². The molecule has 0 aromatic heterocycles. The molecular formula is C11H22ClO7P. The van der Waals surface area contributed by atoms with E-state index in [9.17, 15) is 14.4 Å². The summed E-state index contributed by atoms with van der Waals surface area (Å²) in [6, 6.07) is 0. The maximum absolute atomic E-state index is 10.4. The maximum atomic E-state index is 10.4. The zero-order valence-electron chi connectivity index (χ0n) is 11.3. The van der Waals surface area contributed by atoms with E-state index in [1.807, 2.05) is 0 Å². The smallest absolute Gasteiger partial charge is 0.303 e. The van der Waals surface area contributed by atoms with Crippen molar-refractivity contribution in [3.63, 3.8) is 0 Å². The number of rotatable bonds is 9. The molecule has 0 aliphatic heterocycles. The molecule has 4 N–H and O–H groups in total. The highest BCUT2D eigenvalue weighted by atomic mass is 35.5. The molecular weight excluding hydrogens is 311 g/mol. The van der Waals surface area contributed by atoms with E-state index in [2.05, 4.69) is 0 Å². The van der Waals surface area contributed by atoms with E-state index in [0.29, 0.717) is 18.5 Å². The first-order chi connectivity index (χ1) is 8.83. The third-order valence-corrected chi connectivity index (χ3v) is 4.49. The van der Waals surface area contributed by atoms with E-state index < -0.39 is 25.8 Å². The third-order valence-electron chi connectivity index (χ3n) is 1.93. The SMILES string of the molecule is CCO.Cl.O=C(O)CCP(CCC(=O)O)CCC(=O)O. The average Bonchev–Trinajstić information content (AvgIpc) is 2.28. The number of hydrogen-bond donors (Lipinski definition) is 4. The Kier molecular flexibility index (Phi) is 19.5. The first kappa shape index (κ1) is 24.1. The number of halogens is 1. The molecule has 120 valence electrons. The van der Waals surface area contributed by atoms with Gasteiger partial charge in [-0.15, -0.1) is 20.3 Å². The van der Waals surface area contributed by atoms with Gasteiger partial charge in [0.15, 0.2) is 0 Å². The number of carbonyl (C=O) groups is 3. The standard InChI is InChI=1S/C9H15O6P.C2H6O.ClH/c10-7(11)1-4-16(5-2-8(12)13)6-3-9(14)15;1-2-3;/h1-6H2,(H,10,11)(H,12,13)(H,14,15);3H,2H2,1H3;1H. The van der Waals surface area contributed by atoms with Gasteiger partial charge in [-0.3, -0.25) is 14.4 Å². The first-order valence-electron chi connectivity index (χ1n) is 5.82. The third kappa shape index (κ3) is 22.3. The number of carboxylic acid groups (broad SMARTS) is 3. The number of hydrogen-bond acceptors (Lipinski definition) is 4. The van der Waals surface area contributed by atoms with Crippen LogP contribution in [0.2, 0.25) is 0 Å². The molecule has 0 spiro atoms. The van der Waals surface area contributed by atoms with Gasteiger partial charge in [-0.05, 0) is 25.4 Å². The van der Waals surface area contributed by atoms with Crippen LogP contribution in [0.3, 0.4) is 0 Å². The normalized spacial score (nSPS) is 9.15. The van der Waals surface area contributed by atoms with E-state index in [4.69, 9.17) is 20.4 Å². The summed E-state index contributed by atoms with van der Waals surface area (Å²) in [5, 5.41) is 33.1. The number of aliphatic hydroxyl groups excluding tert-OH is 1. The van der Waals surface area contributed by atoms with Crippen molar-refractivity contribution in [1.82, 2.24) is 0 Å². The quantitative estimate of drug-likeness (QED) is 0.468. The highest BCUT2D eigenvalue weighted by Gasteiger charge is 2.13. The largest absolute Gasteiger partial charge is 0.481 e. The van der Waals surface area contributed by atoms with E-state index >= 15 is 0 Å². The van der Waals surface area contributed by atoms with Gasteiger partial charge in [0.05, 0.1) is 0 Å². The molecule has 0 radical (unpaired) electrons. The molecule has 0 aliphatic carbocycles. The van der Waals surface area contributed by atoms with E-state index in [-0.39, 0.29) is 38.3 Å². The Bertz CT molecular complexity index is 243. The second-order valence-electron chi connectivity index (χ2n) is 3.59. The van der Waals surface area contributed by atoms with Gasteiger partial charge in [0.2, 0.25) is 0 Å². The van der Waals surface area contributed by atoms with E-state index in [1.54, 1.807) is 6.92 Å². The highest BCUT2D eigenvalue weighted by molar-refractivity contribution is 7.57. The minimum atomic E-state index is -0.932. The maximum Gasteiger partial charge on any atom is 0.303 e. The molecule has 7 nitrogen and oxygen atoms in total. The molecule has 0 atom stereocenters. The Labute approximate surface area is 125 Å². The van der Waals surface area contributed by atoms with Gasteiger partial charge in [0.1, 0.15) is 0 Å². The second kappa shape index (κ2) is 16.1. The molecule has 0 fully saturated rings. The average molecular weight is 333 g/mol. The van der Waals surface area contributed by atoms with Crippen LogP contribution in [-0.4, -0.2) is 63.4 Å². The fourth-order valence-corrected chi connectivity index (χ4v) is 3.29. The number of aliphatic carboxylic acids is 3. The summed E-state index contributed by atoms with van der Waals surface area (Å²) >= 11 is 0. The van der Waals surface area contributed by atoms with Crippen LogP contribution in [0.25, 0.3) is 0 Å². The molecule has 0 aliphatic rings. The minimum absolute atomic E-state index is 0. The molecule has 0 bridgehead atoms. The lowest BCUT2D eigenvalue weighted by Gasteiger charge is -2.14. The summed E-state index contributed by atoms with van der Waals surface area (Å²) in [7, 11) is -0.801. The lowest BCUT2D eigenvalue weighted by Crippen LogP contribution is -2.07. The molecule has 9 heteroatoms. The molecule has 0 heterocycles. The van der Waals surface area contributed by atoms with Crippen molar-refractivity contribution in [3.8, 4) is 0 Å². The summed E-state index contributed by atoms with van der Waals surface area (Å²) in [5.74, 6) is -2.80. The monoisotopic (exact) mass is 332 g/mol. The van der Waals surface area contributed by atoms with Crippen LogP contribution < -0.4 is 0 Å². The van der Waals surface area contributed by atoms with Gasteiger partial charge in [0.25, 0.3) is 0 Å². The van der Waals surface area contributed by atoms with Gasteiger partial charge in [0, 0.05) is 25.9 Å². The molecule has 0 unspecified atom stereocenters. The predicted octanol–water partition coefficient (Wildman–Crippen LogP) is 1.31. The fourth-order valence-electron chi connectivity index (χ4n) is 1.10. The van der Waals surface area contributed by atoms with Gasteiger partial charge in [-0.25, -0.2) is 0 Å². The molecule has 0 aromatic carbocycles. The van der Waals surface area contributed by atoms with Gasteiger partial charge < -0.3 is 20.4 Å². The van der Waals surface area contributed by atoms with Crippen LogP contribution in [0.4, 0.5) is 0 Å². The van der Waals surface area contributed by atoms with Crippen molar-refractivity contribution in [2.24, 2.45) is 0 Å². The molecule has 0 amide bonds. The molecule has 0 aromatic rings. The number of aliphatic hydroxyl groups is 1. The van der Waals surface area contributed by atoms with Crippen LogP contribution in [0.15, 0.2) is 0 Å². The Balaban J connectivity index is -0.000000657. The highest BCUT2D eigenvalue weighted by Crippen LogP contribution is 2.37. The Morgan fingerprint density at radius 1 is 0.800 bits per heavy atom. The van der Waals surface area contributed by atoms with Crippen molar-refractivity contribution in [2.45, 2.75) is 26.2 Å². The first-order valence-corrected chi connectivity index (χ1v) is 7.71. The molecule has 0 rings (SSSR count). The zero-order chi connectivity index (χ0) is 15.3. The van der Waals surface area contributed by atoms with Crippen molar-refractivity contribution < 1.29 is 34.8 Å². The molecule has 20 heavy (non-hydrogen) atoms. The topological polar surface area (TPSA) is 132 Å². The molecule has 0 saturated heterocycles. The van der Waals surface area contributed by atoms with Crippen LogP contribution in [-0.2, 0) is 14.4 Å². The lowest BCUT2D eigenvalue weighted by molar-refractivity contribution is -0.137. The van der Waals surface area contributed by atoms with E-state index in [1.165, 1.54) is 0 Å². The minimum Gasteiger partial charge on any atom is -0.481 e. The summed E-state index contributed by atoms with van der Waals surface area (Å²) in [5.41, 5.74) is 0. The predicted molar refractivity (Wildman–Crippen MR) is 78.3 cm³/mol. The zero-order valence-corrected chi connectivity index (χ0v) is 13.0. The van der Waals surface area contributed by atoms with Crippen molar-refractivity contribution in [1.29, 1.82) is 0 Å². The van der Waals surface area contributed by atoms with E-state index in [0.717, 1.165) is 0 Å². The fraction of sp³-hybridized carbons (Fsp3) is 0.727. The second-order valence-corrected chi connectivity index (χ2v) is 6.27. The van der Waals surface area contributed by atoms with Gasteiger partial charge in [-0.2, -0.15) is 0 Å². The molecule has 0 saturated carbocycles. The summed E-state index contributed by atoms with van der Waals surface area (Å²) in [6.45, 7) is 1.93. The van der Waals surface area contributed by atoms with Crippen molar-refractivity contribution >= 4 is 38.2 Å². The summed E-state index contributed by atoms with van der Waals surface area (Å²) < 4.78 is 0. The Morgan fingerprint density at radius 2 is 1.00 bits per heavy atom.